The fourth-order valence-electron chi connectivity index (χ4n) is 4.38. The van der Waals surface area contributed by atoms with Crippen molar-refractivity contribution in [3.05, 3.63) is 48.6 Å². The van der Waals surface area contributed by atoms with Crippen LogP contribution in [0.25, 0.3) is 0 Å². The van der Waals surface area contributed by atoms with E-state index >= 15 is 0 Å². The standard InChI is InChI=1S/C37H68NO7P/c1-6-8-10-12-14-16-18-19-20-21-23-25-27-29-32-42-34-36(35-44-46(40,41)43-33-31-38(3,4)5)45-37(39)30-28-26-24-22-17-15-13-11-9-7-2/h8,10,14,16,19-20,23,25,36H,6-7,9,11-13,15,17-18,21-22,24,26-35H2,1-5H3/p+1/b10-8-,16-14-,20-19-,25-23-. The summed E-state index contributed by atoms with van der Waals surface area (Å²) in [7, 11) is 1.63. The molecule has 0 aliphatic rings. The molecule has 0 heterocycles. The van der Waals surface area contributed by atoms with Gasteiger partial charge in [-0.2, -0.15) is 0 Å². The van der Waals surface area contributed by atoms with Crippen molar-refractivity contribution in [1.29, 1.82) is 0 Å². The lowest BCUT2D eigenvalue weighted by atomic mass is 10.1. The molecular weight excluding hydrogens is 601 g/mol. The van der Waals surface area contributed by atoms with E-state index in [4.69, 9.17) is 18.5 Å². The van der Waals surface area contributed by atoms with E-state index in [0.29, 0.717) is 24.1 Å². The van der Waals surface area contributed by atoms with Gasteiger partial charge in [0.25, 0.3) is 0 Å². The Morgan fingerprint density at radius 1 is 0.696 bits per heavy atom. The number of quaternary nitrogens is 1. The van der Waals surface area contributed by atoms with Crippen molar-refractivity contribution >= 4 is 13.8 Å². The van der Waals surface area contributed by atoms with E-state index in [9.17, 15) is 14.3 Å². The molecular formula is C37H69NO7P+. The number of ether oxygens (including phenoxy) is 2. The van der Waals surface area contributed by atoms with Gasteiger partial charge in [0.2, 0.25) is 0 Å². The van der Waals surface area contributed by atoms with E-state index in [-0.39, 0.29) is 25.8 Å². The molecule has 0 aromatic carbocycles. The third-order valence-electron chi connectivity index (χ3n) is 7.15. The molecule has 2 unspecified atom stereocenters. The quantitative estimate of drug-likeness (QED) is 0.0251. The first kappa shape index (κ1) is 44.5. The van der Waals surface area contributed by atoms with Crippen LogP contribution in [0.5, 0.6) is 0 Å². The number of allylic oxidation sites excluding steroid dienone is 8. The van der Waals surface area contributed by atoms with E-state index in [2.05, 4.69) is 62.5 Å². The van der Waals surface area contributed by atoms with Crippen molar-refractivity contribution in [3.8, 4) is 0 Å². The first-order valence-electron chi connectivity index (χ1n) is 17.9. The lowest BCUT2D eigenvalue weighted by Crippen LogP contribution is -2.37. The van der Waals surface area contributed by atoms with Gasteiger partial charge >= 0.3 is 13.8 Å². The van der Waals surface area contributed by atoms with Gasteiger partial charge in [-0.3, -0.25) is 13.8 Å². The van der Waals surface area contributed by atoms with Crippen LogP contribution in [0.1, 0.15) is 123 Å². The highest BCUT2D eigenvalue weighted by atomic mass is 31.2. The van der Waals surface area contributed by atoms with E-state index in [1.807, 2.05) is 21.1 Å². The SMILES string of the molecule is CC/C=C\C/C=C\C/C=C\C/C=C\CCCOCC(COP(=O)(O)OCC[N+](C)(C)C)OC(=O)CCCCCCCCCCCC. The molecule has 0 rings (SSSR count). The number of esters is 1. The highest BCUT2D eigenvalue weighted by Crippen LogP contribution is 2.43. The minimum absolute atomic E-state index is 0.0776. The fraction of sp³-hybridized carbons (Fsp3) is 0.757. The van der Waals surface area contributed by atoms with Gasteiger partial charge in [-0.15, -0.1) is 0 Å². The number of rotatable bonds is 32. The Morgan fingerprint density at radius 3 is 1.80 bits per heavy atom. The van der Waals surface area contributed by atoms with Crippen LogP contribution in [0.15, 0.2) is 48.6 Å². The third kappa shape index (κ3) is 33.8. The van der Waals surface area contributed by atoms with E-state index in [0.717, 1.165) is 57.8 Å². The predicted octanol–water partition coefficient (Wildman–Crippen LogP) is 9.65. The molecule has 0 aliphatic carbocycles. The summed E-state index contributed by atoms with van der Waals surface area (Å²) in [5.41, 5.74) is 0. The van der Waals surface area contributed by atoms with E-state index in [1.54, 1.807) is 0 Å². The first-order chi connectivity index (χ1) is 22.1. The van der Waals surface area contributed by atoms with Crippen molar-refractivity contribution in [2.75, 3.05) is 54.1 Å². The number of hydrogen-bond acceptors (Lipinski definition) is 6. The summed E-state index contributed by atoms with van der Waals surface area (Å²) in [6.07, 6.45) is 34.4. The van der Waals surface area contributed by atoms with Crippen molar-refractivity contribution in [1.82, 2.24) is 0 Å². The molecule has 9 heteroatoms. The molecule has 0 saturated heterocycles. The molecule has 0 radical (unpaired) electrons. The van der Waals surface area contributed by atoms with Crippen LogP contribution in [0.4, 0.5) is 0 Å². The topological polar surface area (TPSA) is 91.3 Å². The molecule has 1 N–H and O–H groups in total. The number of phosphoric ester groups is 1. The Hall–Kier alpha value is -1.54. The van der Waals surface area contributed by atoms with Gasteiger partial charge in [0.1, 0.15) is 19.3 Å². The minimum atomic E-state index is -4.28. The van der Waals surface area contributed by atoms with E-state index < -0.39 is 13.9 Å². The molecule has 0 amide bonds. The molecule has 2 atom stereocenters. The van der Waals surface area contributed by atoms with Crippen LogP contribution in [0.2, 0.25) is 0 Å². The third-order valence-corrected chi connectivity index (χ3v) is 8.14. The molecule has 268 valence electrons. The summed E-state index contributed by atoms with van der Waals surface area (Å²) in [5.74, 6) is -0.338. The van der Waals surface area contributed by atoms with Crippen LogP contribution in [0, 0.1) is 0 Å². The summed E-state index contributed by atoms with van der Waals surface area (Å²) < 4.78 is 34.7. The molecule has 0 bridgehead atoms. The zero-order valence-corrected chi connectivity index (χ0v) is 30.9. The average Bonchev–Trinajstić information content (AvgIpc) is 2.99. The van der Waals surface area contributed by atoms with Crippen LogP contribution in [-0.2, 0) is 27.9 Å². The Bertz CT molecular complexity index is 879. The van der Waals surface area contributed by atoms with Crippen molar-refractivity contribution in [2.24, 2.45) is 0 Å². The highest BCUT2D eigenvalue weighted by molar-refractivity contribution is 7.47. The van der Waals surface area contributed by atoms with Crippen LogP contribution in [0.3, 0.4) is 0 Å². The number of likely N-dealkylation sites (N-methyl/N-ethyl adjacent to an activating group) is 1. The second kappa shape index (κ2) is 30.8. The van der Waals surface area contributed by atoms with Crippen LogP contribution >= 0.6 is 7.82 Å². The van der Waals surface area contributed by atoms with Gasteiger partial charge < -0.3 is 18.9 Å². The second-order valence-corrected chi connectivity index (χ2v) is 14.3. The van der Waals surface area contributed by atoms with Gasteiger partial charge in [0, 0.05) is 13.0 Å². The van der Waals surface area contributed by atoms with Crippen molar-refractivity contribution in [2.45, 2.75) is 129 Å². The Balaban J connectivity index is 4.44. The lowest BCUT2D eigenvalue weighted by Gasteiger charge is -2.24. The number of phosphoric acid groups is 1. The maximum absolute atomic E-state index is 12.5. The zero-order chi connectivity index (χ0) is 34.2. The van der Waals surface area contributed by atoms with Gasteiger partial charge in [-0.05, 0) is 44.9 Å². The van der Waals surface area contributed by atoms with E-state index in [1.165, 1.54) is 44.9 Å². The first-order valence-corrected chi connectivity index (χ1v) is 19.4. The van der Waals surface area contributed by atoms with Crippen molar-refractivity contribution in [3.63, 3.8) is 0 Å². The van der Waals surface area contributed by atoms with Gasteiger partial charge in [-0.25, -0.2) is 4.57 Å². The maximum atomic E-state index is 12.5. The Labute approximate surface area is 282 Å². The number of carbonyl (C=O) groups excluding carboxylic acids is 1. The van der Waals surface area contributed by atoms with Crippen LogP contribution in [-0.4, -0.2) is 75.6 Å². The maximum Gasteiger partial charge on any atom is 0.472 e. The van der Waals surface area contributed by atoms with Gasteiger partial charge in [0.05, 0.1) is 34.4 Å². The molecule has 0 fully saturated rings. The zero-order valence-electron chi connectivity index (χ0n) is 30.0. The summed E-state index contributed by atoms with van der Waals surface area (Å²) >= 11 is 0. The van der Waals surface area contributed by atoms with Crippen LogP contribution < -0.4 is 0 Å². The Kier molecular flexibility index (Phi) is 29.7. The summed E-state index contributed by atoms with van der Waals surface area (Å²) in [6.45, 7) is 5.31. The monoisotopic (exact) mass is 670 g/mol. The molecule has 0 saturated carbocycles. The smallest absolute Gasteiger partial charge is 0.457 e. The number of hydrogen-bond donors (Lipinski definition) is 1. The molecule has 46 heavy (non-hydrogen) atoms. The van der Waals surface area contributed by atoms with Gasteiger partial charge in [-0.1, -0.05) is 120 Å². The normalized spacial score (nSPS) is 14.7. The van der Waals surface area contributed by atoms with Gasteiger partial charge in [0.15, 0.2) is 0 Å². The largest absolute Gasteiger partial charge is 0.472 e. The molecule has 0 aliphatic heterocycles. The number of unbranched alkanes of at least 4 members (excludes halogenated alkanes) is 10. The Morgan fingerprint density at radius 2 is 1.24 bits per heavy atom. The summed E-state index contributed by atoms with van der Waals surface area (Å²) in [4.78, 5) is 22.7. The van der Waals surface area contributed by atoms with Crippen molar-refractivity contribution < 1.29 is 37.3 Å². The number of nitrogens with zero attached hydrogens (tertiary/aromatic N) is 1. The average molecular weight is 671 g/mol. The summed E-state index contributed by atoms with van der Waals surface area (Å²) in [5, 5.41) is 0. The molecule has 0 aromatic rings. The summed E-state index contributed by atoms with van der Waals surface area (Å²) in [6, 6.07) is 0. The lowest BCUT2D eigenvalue weighted by molar-refractivity contribution is -0.870. The fourth-order valence-corrected chi connectivity index (χ4v) is 5.12. The minimum Gasteiger partial charge on any atom is -0.457 e. The predicted molar refractivity (Wildman–Crippen MR) is 192 cm³/mol. The second-order valence-electron chi connectivity index (χ2n) is 12.9. The molecule has 0 spiro atoms. The highest BCUT2D eigenvalue weighted by Gasteiger charge is 2.26. The number of carbonyl (C=O) groups is 1. The molecule has 8 nitrogen and oxygen atoms in total. The molecule has 0 aromatic heterocycles.